The van der Waals surface area contributed by atoms with Gasteiger partial charge < -0.3 is 9.67 Å². The second-order valence-electron chi connectivity index (χ2n) is 6.75. The van der Waals surface area contributed by atoms with Crippen LogP contribution in [-0.2, 0) is 33.6 Å². The summed E-state index contributed by atoms with van der Waals surface area (Å²) in [5.41, 5.74) is 1.47. The van der Waals surface area contributed by atoms with Gasteiger partial charge in [0.2, 0.25) is 0 Å². The lowest BCUT2D eigenvalue weighted by molar-refractivity contribution is 0.221. The van der Waals surface area contributed by atoms with Crippen LogP contribution in [0.4, 0.5) is 0 Å². The molecular weight excluding hydrogens is 334 g/mol. The van der Waals surface area contributed by atoms with Gasteiger partial charge in [-0.2, -0.15) is 0 Å². The molecule has 3 aromatic rings. The van der Waals surface area contributed by atoms with Crippen molar-refractivity contribution in [3.05, 3.63) is 56.5 Å². The number of aromatic nitrogens is 4. The first-order valence-electron chi connectivity index (χ1n) is 8.61. The molecule has 26 heavy (non-hydrogen) atoms. The minimum Gasteiger partial charge on any atom is -0.508 e. The SMILES string of the molecule is Cn1c(=O)c2c(nc3n2CCN(CCc2ccc(O)cc2)C3)n(C)c1=O. The Morgan fingerprint density at radius 1 is 1.08 bits per heavy atom. The maximum atomic E-state index is 12.5. The molecule has 0 radical (unpaired) electrons. The summed E-state index contributed by atoms with van der Waals surface area (Å²) in [6, 6.07) is 7.24. The highest BCUT2D eigenvalue weighted by molar-refractivity contribution is 5.71. The van der Waals surface area contributed by atoms with Gasteiger partial charge in [0.1, 0.15) is 11.6 Å². The molecule has 2 aromatic heterocycles. The molecular formula is C18H21N5O3. The Balaban J connectivity index is 1.60. The van der Waals surface area contributed by atoms with Crippen molar-refractivity contribution in [2.45, 2.75) is 19.5 Å². The minimum atomic E-state index is -0.359. The number of aryl methyl sites for hydroxylation is 1. The molecule has 8 heteroatoms. The van der Waals surface area contributed by atoms with Crippen molar-refractivity contribution >= 4 is 11.2 Å². The fourth-order valence-corrected chi connectivity index (χ4v) is 3.51. The van der Waals surface area contributed by atoms with Gasteiger partial charge in [0.25, 0.3) is 5.56 Å². The third kappa shape index (κ3) is 2.62. The number of nitrogens with zero attached hydrogens (tertiary/aromatic N) is 5. The topological polar surface area (TPSA) is 85.3 Å². The van der Waals surface area contributed by atoms with E-state index in [2.05, 4.69) is 9.88 Å². The molecule has 0 unspecified atom stereocenters. The first-order chi connectivity index (χ1) is 12.5. The number of hydrogen-bond acceptors (Lipinski definition) is 5. The quantitative estimate of drug-likeness (QED) is 0.725. The van der Waals surface area contributed by atoms with Gasteiger partial charge in [-0.15, -0.1) is 0 Å². The van der Waals surface area contributed by atoms with Crippen molar-refractivity contribution in [3.63, 3.8) is 0 Å². The third-order valence-corrected chi connectivity index (χ3v) is 5.08. The molecule has 0 amide bonds. The van der Waals surface area contributed by atoms with Crippen molar-refractivity contribution in [1.29, 1.82) is 0 Å². The summed E-state index contributed by atoms with van der Waals surface area (Å²) in [5.74, 6) is 1.09. The zero-order valence-corrected chi connectivity index (χ0v) is 14.8. The van der Waals surface area contributed by atoms with Crippen LogP contribution in [0.1, 0.15) is 11.4 Å². The molecule has 1 N–H and O–H groups in total. The smallest absolute Gasteiger partial charge is 0.332 e. The zero-order valence-electron chi connectivity index (χ0n) is 14.8. The summed E-state index contributed by atoms with van der Waals surface area (Å²) in [6.45, 7) is 3.01. The van der Waals surface area contributed by atoms with E-state index in [1.807, 2.05) is 16.7 Å². The highest BCUT2D eigenvalue weighted by Gasteiger charge is 2.24. The summed E-state index contributed by atoms with van der Waals surface area (Å²) in [7, 11) is 3.14. The monoisotopic (exact) mass is 355 g/mol. The second kappa shape index (κ2) is 6.14. The standard InChI is InChI=1S/C18H21N5O3/c1-20-16-15(17(25)21(2)18(20)26)23-10-9-22(11-14(23)19-16)8-7-12-3-5-13(24)6-4-12/h3-6,24H,7-11H2,1-2H3. The highest BCUT2D eigenvalue weighted by Crippen LogP contribution is 2.18. The summed E-state index contributed by atoms with van der Waals surface area (Å²) >= 11 is 0. The van der Waals surface area contributed by atoms with Crippen molar-refractivity contribution < 1.29 is 5.11 Å². The van der Waals surface area contributed by atoms with Gasteiger partial charge in [-0.3, -0.25) is 18.8 Å². The number of fused-ring (bicyclic) bond motifs is 3. The second-order valence-corrected chi connectivity index (χ2v) is 6.75. The van der Waals surface area contributed by atoms with E-state index in [-0.39, 0.29) is 17.0 Å². The van der Waals surface area contributed by atoms with Crippen LogP contribution in [0.25, 0.3) is 11.2 Å². The molecule has 0 atom stereocenters. The Morgan fingerprint density at radius 3 is 2.54 bits per heavy atom. The van der Waals surface area contributed by atoms with Crippen LogP contribution in [0.15, 0.2) is 33.9 Å². The number of aromatic hydroxyl groups is 1. The molecule has 1 aromatic carbocycles. The normalized spacial score (nSPS) is 14.7. The highest BCUT2D eigenvalue weighted by atomic mass is 16.3. The predicted octanol–water partition coefficient (Wildman–Crippen LogP) is 0.198. The number of benzene rings is 1. The van der Waals surface area contributed by atoms with Crippen LogP contribution >= 0.6 is 0 Å². The van der Waals surface area contributed by atoms with Crippen molar-refractivity contribution in [3.8, 4) is 5.75 Å². The van der Waals surface area contributed by atoms with E-state index in [9.17, 15) is 14.7 Å². The van der Waals surface area contributed by atoms with E-state index in [1.165, 1.54) is 11.6 Å². The molecule has 0 spiro atoms. The number of phenolic OH excluding ortho intramolecular Hbond substituents is 1. The van der Waals surface area contributed by atoms with Gasteiger partial charge in [-0.25, -0.2) is 9.78 Å². The summed E-state index contributed by atoms with van der Waals surface area (Å²) in [4.78, 5) is 31.5. The fourth-order valence-electron chi connectivity index (χ4n) is 3.51. The molecule has 3 heterocycles. The van der Waals surface area contributed by atoms with Crippen molar-refractivity contribution in [2.75, 3.05) is 13.1 Å². The summed E-state index contributed by atoms with van der Waals surface area (Å²) in [6.07, 6.45) is 0.876. The Hall–Kier alpha value is -2.87. The number of hydrogen-bond donors (Lipinski definition) is 1. The van der Waals surface area contributed by atoms with Crippen LogP contribution in [0.2, 0.25) is 0 Å². The van der Waals surface area contributed by atoms with Crippen LogP contribution < -0.4 is 11.2 Å². The number of phenols is 1. The van der Waals surface area contributed by atoms with Crippen LogP contribution in [0.3, 0.4) is 0 Å². The van der Waals surface area contributed by atoms with E-state index in [1.54, 1.807) is 19.2 Å². The molecule has 1 aliphatic heterocycles. The average Bonchev–Trinajstić information content (AvgIpc) is 3.03. The van der Waals surface area contributed by atoms with Gasteiger partial charge in [0, 0.05) is 33.7 Å². The van der Waals surface area contributed by atoms with Crippen LogP contribution in [0.5, 0.6) is 5.75 Å². The van der Waals surface area contributed by atoms with Gasteiger partial charge in [0.15, 0.2) is 11.2 Å². The lowest BCUT2D eigenvalue weighted by Gasteiger charge is -2.27. The Bertz CT molecular complexity index is 1090. The number of rotatable bonds is 3. The molecule has 0 bridgehead atoms. The summed E-state index contributed by atoms with van der Waals surface area (Å²) < 4.78 is 4.51. The van der Waals surface area contributed by atoms with E-state index in [0.717, 1.165) is 35.5 Å². The largest absolute Gasteiger partial charge is 0.508 e. The van der Waals surface area contributed by atoms with Crippen molar-refractivity contribution in [1.82, 2.24) is 23.6 Å². The molecule has 0 saturated heterocycles. The van der Waals surface area contributed by atoms with E-state index in [0.29, 0.717) is 24.3 Å². The van der Waals surface area contributed by atoms with E-state index in [4.69, 9.17) is 0 Å². The van der Waals surface area contributed by atoms with Gasteiger partial charge >= 0.3 is 5.69 Å². The van der Waals surface area contributed by atoms with Crippen molar-refractivity contribution in [2.24, 2.45) is 14.1 Å². The third-order valence-electron chi connectivity index (χ3n) is 5.08. The van der Waals surface area contributed by atoms with Gasteiger partial charge in [-0.1, -0.05) is 12.1 Å². The fraction of sp³-hybridized carbons (Fsp3) is 0.389. The van der Waals surface area contributed by atoms with Gasteiger partial charge in [-0.05, 0) is 24.1 Å². The maximum absolute atomic E-state index is 12.5. The lowest BCUT2D eigenvalue weighted by Crippen LogP contribution is -2.39. The Kier molecular flexibility index (Phi) is 3.91. The lowest BCUT2D eigenvalue weighted by atomic mass is 10.1. The zero-order chi connectivity index (χ0) is 18.4. The first kappa shape index (κ1) is 16.6. The molecule has 1 aliphatic rings. The van der Waals surface area contributed by atoms with E-state index >= 15 is 0 Å². The molecule has 136 valence electrons. The predicted molar refractivity (Wildman–Crippen MR) is 97.3 cm³/mol. The molecule has 0 saturated carbocycles. The summed E-state index contributed by atoms with van der Waals surface area (Å²) in [5, 5.41) is 9.36. The van der Waals surface area contributed by atoms with Crippen LogP contribution in [-0.4, -0.2) is 41.8 Å². The Morgan fingerprint density at radius 2 is 1.81 bits per heavy atom. The number of imidazole rings is 1. The minimum absolute atomic E-state index is 0.271. The molecule has 0 aliphatic carbocycles. The molecule has 4 rings (SSSR count). The molecule has 0 fully saturated rings. The van der Waals surface area contributed by atoms with E-state index < -0.39 is 0 Å². The average molecular weight is 355 g/mol. The van der Waals surface area contributed by atoms with Crippen LogP contribution in [0, 0.1) is 0 Å². The van der Waals surface area contributed by atoms with Gasteiger partial charge in [0.05, 0.1) is 6.54 Å². The Labute approximate surface area is 149 Å². The first-order valence-corrected chi connectivity index (χ1v) is 8.61. The molecule has 8 nitrogen and oxygen atoms in total. The maximum Gasteiger partial charge on any atom is 0.332 e.